The van der Waals surface area contributed by atoms with Crippen molar-refractivity contribution in [2.45, 2.75) is 77.7 Å². The maximum atomic E-state index is 11.8. The van der Waals surface area contributed by atoms with Gasteiger partial charge in [0.25, 0.3) is 0 Å². The third-order valence-corrected chi connectivity index (χ3v) is 5.93. The fraction of sp³-hybridized carbons (Fsp3) is 0.567. The van der Waals surface area contributed by atoms with E-state index in [0.29, 0.717) is 6.61 Å². The first kappa shape index (κ1) is 36.9. The van der Waals surface area contributed by atoms with Crippen molar-refractivity contribution >= 4 is 13.8 Å². The number of phosphoric acid groups is 1. The number of hydrogen-bond acceptors (Lipinski definition) is 7. The summed E-state index contributed by atoms with van der Waals surface area (Å²) in [6.07, 6.45) is 33.0. The van der Waals surface area contributed by atoms with Crippen LogP contribution in [0.1, 0.15) is 71.6 Å². The second-order valence-electron chi connectivity index (χ2n) is 8.48. The molecular formula is C30H50NO7P. The highest BCUT2D eigenvalue weighted by molar-refractivity contribution is 7.47. The number of nitrogens with two attached hydrogens (primary N) is 1. The van der Waals surface area contributed by atoms with E-state index in [2.05, 4.69) is 84.4 Å². The lowest BCUT2D eigenvalue weighted by Crippen LogP contribution is -2.28. The summed E-state index contributed by atoms with van der Waals surface area (Å²) in [7, 11) is -4.25. The van der Waals surface area contributed by atoms with E-state index >= 15 is 0 Å². The zero-order valence-corrected chi connectivity index (χ0v) is 24.7. The number of esters is 1. The highest BCUT2D eigenvalue weighted by Gasteiger charge is 2.24. The molecule has 0 fully saturated rings. The summed E-state index contributed by atoms with van der Waals surface area (Å²) in [5, 5.41) is 0. The highest BCUT2D eigenvalue weighted by atomic mass is 31.2. The van der Waals surface area contributed by atoms with E-state index < -0.39 is 19.9 Å². The molecule has 0 aliphatic carbocycles. The quantitative estimate of drug-likeness (QED) is 0.0530. The number of phosphoric ester groups is 1. The predicted molar refractivity (Wildman–Crippen MR) is 159 cm³/mol. The van der Waals surface area contributed by atoms with Gasteiger partial charge in [-0.2, -0.15) is 0 Å². The molecule has 0 aromatic carbocycles. The van der Waals surface area contributed by atoms with Gasteiger partial charge in [0.2, 0.25) is 0 Å². The van der Waals surface area contributed by atoms with Crippen LogP contribution in [0.15, 0.2) is 72.9 Å². The van der Waals surface area contributed by atoms with Gasteiger partial charge in [0.05, 0.1) is 19.8 Å². The van der Waals surface area contributed by atoms with Crippen molar-refractivity contribution in [3.8, 4) is 0 Å². The molecule has 3 N–H and O–H groups in total. The minimum absolute atomic E-state index is 0.0619. The molecule has 222 valence electrons. The second-order valence-corrected chi connectivity index (χ2v) is 9.94. The Bertz CT molecular complexity index is 818. The van der Waals surface area contributed by atoms with Crippen molar-refractivity contribution in [3.05, 3.63) is 72.9 Å². The van der Waals surface area contributed by atoms with Crippen molar-refractivity contribution in [2.75, 3.05) is 33.0 Å². The van der Waals surface area contributed by atoms with Crippen LogP contribution in [0, 0.1) is 0 Å². The molecule has 0 saturated carbocycles. The molecule has 0 amide bonds. The molecule has 0 aliphatic rings. The van der Waals surface area contributed by atoms with Crippen LogP contribution >= 0.6 is 7.82 Å². The lowest BCUT2D eigenvalue weighted by Gasteiger charge is -2.19. The van der Waals surface area contributed by atoms with Crippen LogP contribution in [0.4, 0.5) is 0 Å². The zero-order chi connectivity index (χ0) is 28.9. The Balaban J connectivity index is 3.93. The van der Waals surface area contributed by atoms with Crippen LogP contribution in [0.5, 0.6) is 0 Å². The molecule has 9 heteroatoms. The number of unbranched alkanes of at least 4 members (excludes halogenated alkanes) is 1. The van der Waals surface area contributed by atoms with Crippen LogP contribution in [0.25, 0.3) is 0 Å². The number of hydrogen-bond donors (Lipinski definition) is 2. The van der Waals surface area contributed by atoms with Crippen molar-refractivity contribution in [3.63, 3.8) is 0 Å². The van der Waals surface area contributed by atoms with Crippen molar-refractivity contribution in [1.82, 2.24) is 0 Å². The summed E-state index contributed by atoms with van der Waals surface area (Å²) in [6, 6.07) is 0. The van der Waals surface area contributed by atoms with Crippen molar-refractivity contribution < 1.29 is 32.8 Å². The summed E-state index contributed by atoms with van der Waals surface area (Å²) in [5.74, 6) is -0.444. The number of carbonyl (C=O) groups is 1. The van der Waals surface area contributed by atoms with E-state index in [1.165, 1.54) is 0 Å². The van der Waals surface area contributed by atoms with E-state index in [0.717, 1.165) is 51.4 Å². The minimum atomic E-state index is -4.25. The molecule has 8 nitrogen and oxygen atoms in total. The summed E-state index contributed by atoms with van der Waals surface area (Å²) < 4.78 is 32.1. The highest BCUT2D eigenvalue weighted by Crippen LogP contribution is 2.43. The Morgan fingerprint density at radius 2 is 1.28 bits per heavy atom. The number of rotatable bonds is 25. The first-order valence-electron chi connectivity index (χ1n) is 13.9. The Morgan fingerprint density at radius 1 is 0.769 bits per heavy atom. The average Bonchev–Trinajstić information content (AvgIpc) is 2.93. The van der Waals surface area contributed by atoms with Gasteiger partial charge in [-0.1, -0.05) is 86.8 Å². The van der Waals surface area contributed by atoms with Crippen LogP contribution in [-0.4, -0.2) is 49.9 Å². The van der Waals surface area contributed by atoms with E-state index in [-0.39, 0.29) is 32.8 Å². The van der Waals surface area contributed by atoms with Gasteiger partial charge < -0.3 is 20.1 Å². The fourth-order valence-corrected chi connectivity index (χ4v) is 3.69. The molecule has 0 radical (unpaired) electrons. The largest absolute Gasteiger partial charge is 0.472 e. The Hall–Kier alpha value is -2.06. The molecule has 0 heterocycles. The van der Waals surface area contributed by atoms with Crippen molar-refractivity contribution in [1.29, 1.82) is 0 Å². The Kier molecular flexibility index (Phi) is 26.1. The van der Waals surface area contributed by atoms with Gasteiger partial charge in [-0.3, -0.25) is 13.8 Å². The zero-order valence-electron chi connectivity index (χ0n) is 23.8. The van der Waals surface area contributed by atoms with Gasteiger partial charge in [-0.25, -0.2) is 4.57 Å². The molecule has 39 heavy (non-hydrogen) atoms. The Labute approximate surface area is 235 Å². The van der Waals surface area contributed by atoms with Crippen LogP contribution in [-0.2, 0) is 27.9 Å². The molecular weight excluding hydrogens is 517 g/mol. The van der Waals surface area contributed by atoms with Crippen LogP contribution in [0.3, 0.4) is 0 Å². The third kappa shape index (κ3) is 27.3. The predicted octanol–water partition coefficient (Wildman–Crippen LogP) is 6.90. The summed E-state index contributed by atoms with van der Waals surface area (Å²) in [6.45, 7) is 4.00. The van der Waals surface area contributed by atoms with Crippen LogP contribution in [0.2, 0.25) is 0 Å². The lowest BCUT2D eigenvalue weighted by molar-refractivity contribution is -0.154. The smallest absolute Gasteiger partial charge is 0.457 e. The van der Waals surface area contributed by atoms with E-state index in [1.807, 2.05) is 0 Å². The van der Waals surface area contributed by atoms with Crippen molar-refractivity contribution in [2.24, 2.45) is 5.73 Å². The maximum Gasteiger partial charge on any atom is 0.472 e. The van der Waals surface area contributed by atoms with Gasteiger partial charge >= 0.3 is 13.8 Å². The molecule has 0 spiro atoms. The number of carbonyl (C=O) groups excluding carboxylic acids is 1. The number of allylic oxidation sites excluding steroid dienone is 12. The fourth-order valence-electron chi connectivity index (χ4n) is 2.93. The lowest BCUT2D eigenvalue weighted by atomic mass is 10.2. The van der Waals surface area contributed by atoms with Gasteiger partial charge in [0.15, 0.2) is 0 Å². The normalized spacial score (nSPS) is 15.1. The SMILES string of the molecule is CC/C=C\C/C=C\C/C=C\C/C=C\C/C=C\C/C=C\CCCOCC(COP(=O)(O)OCCN)OC(=O)CC. The molecule has 0 aliphatic heterocycles. The molecule has 0 aromatic heterocycles. The number of ether oxygens (including phenoxy) is 2. The summed E-state index contributed by atoms with van der Waals surface area (Å²) >= 11 is 0. The van der Waals surface area contributed by atoms with Gasteiger partial charge in [0, 0.05) is 19.6 Å². The summed E-state index contributed by atoms with van der Waals surface area (Å²) in [4.78, 5) is 21.2. The maximum absolute atomic E-state index is 11.8. The topological polar surface area (TPSA) is 117 Å². The first-order valence-corrected chi connectivity index (χ1v) is 15.4. The van der Waals surface area contributed by atoms with Crippen LogP contribution < -0.4 is 5.73 Å². The Morgan fingerprint density at radius 3 is 1.77 bits per heavy atom. The molecule has 2 unspecified atom stereocenters. The minimum Gasteiger partial charge on any atom is -0.457 e. The van der Waals surface area contributed by atoms with E-state index in [4.69, 9.17) is 19.7 Å². The van der Waals surface area contributed by atoms with E-state index in [1.54, 1.807) is 6.92 Å². The molecule has 0 bridgehead atoms. The average molecular weight is 568 g/mol. The molecule has 2 atom stereocenters. The van der Waals surface area contributed by atoms with Gasteiger partial charge in [0.1, 0.15) is 6.10 Å². The molecule has 0 rings (SSSR count). The molecule has 0 saturated heterocycles. The third-order valence-electron chi connectivity index (χ3n) is 4.94. The first-order chi connectivity index (χ1) is 18.9. The summed E-state index contributed by atoms with van der Waals surface area (Å²) in [5.41, 5.74) is 5.25. The van der Waals surface area contributed by atoms with E-state index in [9.17, 15) is 14.3 Å². The van der Waals surface area contributed by atoms with Gasteiger partial charge in [-0.15, -0.1) is 0 Å². The monoisotopic (exact) mass is 567 g/mol. The van der Waals surface area contributed by atoms with Gasteiger partial charge in [-0.05, 0) is 51.4 Å². The standard InChI is InChI=1S/C30H50NO7P/c1-3-5-6-7-8-9-10-11-12-13-14-15-16-17-18-19-20-21-22-23-25-35-27-29(38-30(32)4-2)28-37-39(33,34)36-26-24-31/h5-6,8-9,11-12,14-15,17-18,20-21,29H,3-4,7,10,13,16,19,22-28,31H2,1-2H3,(H,33,34)/b6-5-,9-8-,12-11-,15-14-,18-17-,21-20-. The molecule has 0 aromatic rings. The second kappa shape index (κ2) is 27.5.